The van der Waals surface area contributed by atoms with Crippen LogP contribution in [-0.2, 0) is 4.79 Å². The van der Waals surface area contributed by atoms with E-state index in [0.29, 0.717) is 25.4 Å². The predicted molar refractivity (Wildman–Crippen MR) is 62.8 cm³/mol. The number of hydrogen-bond donors (Lipinski definition) is 2. The fraction of sp³-hybridized carbons (Fsp3) is 0.833. The lowest BCUT2D eigenvalue weighted by molar-refractivity contribution is -0.148. The van der Waals surface area contributed by atoms with Crippen molar-refractivity contribution in [3.8, 4) is 0 Å². The van der Waals surface area contributed by atoms with Crippen LogP contribution in [-0.4, -0.2) is 40.1 Å². The van der Waals surface area contributed by atoms with Gasteiger partial charge in [-0.25, -0.2) is 9.59 Å². The summed E-state index contributed by atoms with van der Waals surface area (Å²) >= 11 is 0. The zero-order chi connectivity index (χ0) is 12.5. The van der Waals surface area contributed by atoms with Crippen molar-refractivity contribution in [1.29, 1.82) is 0 Å². The molecule has 2 rings (SSSR count). The van der Waals surface area contributed by atoms with Crippen molar-refractivity contribution in [1.82, 2.24) is 10.2 Å². The van der Waals surface area contributed by atoms with Gasteiger partial charge in [-0.2, -0.15) is 0 Å². The van der Waals surface area contributed by atoms with E-state index < -0.39 is 11.5 Å². The van der Waals surface area contributed by atoms with Crippen LogP contribution in [0.5, 0.6) is 0 Å². The summed E-state index contributed by atoms with van der Waals surface area (Å²) in [4.78, 5) is 25.0. The van der Waals surface area contributed by atoms with Crippen LogP contribution in [0.2, 0.25) is 0 Å². The third-order valence-electron chi connectivity index (χ3n) is 3.68. The first-order valence-electron chi connectivity index (χ1n) is 6.41. The summed E-state index contributed by atoms with van der Waals surface area (Å²) in [6.45, 7) is 2.74. The van der Waals surface area contributed by atoms with Gasteiger partial charge in [0.15, 0.2) is 0 Å². The number of aliphatic carboxylic acids is 1. The number of carbonyl (C=O) groups is 2. The second-order valence-electron chi connectivity index (χ2n) is 5.10. The van der Waals surface area contributed by atoms with Gasteiger partial charge in [-0.1, -0.05) is 6.92 Å². The molecule has 0 aliphatic heterocycles. The fourth-order valence-electron chi connectivity index (χ4n) is 2.28. The molecule has 2 aliphatic carbocycles. The molecule has 2 fully saturated rings. The van der Waals surface area contributed by atoms with E-state index in [1.54, 1.807) is 4.90 Å². The highest BCUT2D eigenvalue weighted by atomic mass is 16.4. The number of carboxylic acid groups (broad SMARTS) is 1. The lowest BCUT2D eigenvalue weighted by Gasteiger charge is -2.39. The Balaban J connectivity index is 1.96. The second kappa shape index (κ2) is 4.55. The van der Waals surface area contributed by atoms with E-state index in [1.165, 1.54) is 0 Å². The van der Waals surface area contributed by atoms with Gasteiger partial charge in [0.2, 0.25) is 0 Å². The van der Waals surface area contributed by atoms with Crippen molar-refractivity contribution < 1.29 is 14.7 Å². The maximum Gasteiger partial charge on any atom is 0.329 e. The Hall–Kier alpha value is -1.26. The van der Waals surface area contributed by atoms with Gasteiger partial charge in [0.25, 0.3) is 0 Å². The lowest BCUT2D eigenvalue weighted by Crippen LogP contribution is -2.62. The normalized spacial score (nSPS) is 21.5. The van der Waals surface area contributed by atoms with Gasteiger partial charge < -0.3 is 15.3 Å². The van der Waals surface area contributed by atoms with Crippen molar-refractivity contribution in [2.45, 2.75) is 57.0 Å². The zero-order valence-corrected chi connectivity index (χ0v) is 10.2. The molecule has 0 atom stereocenters. The number of urea groups is 1. The number of nitrogens with zero attached hydrogens (tertiary/aromatic N) is 1. The summed E-state index contributed by atoms with van der Waals surface area (Å²) in [7, 11) is 0. The molecule has 2 saturated carbocycles. The van der Waals surface area contributed by atoms with E-state index in [0.717, 1.165) is 25.7 Å². The molecule has 0 aromatic carbocycles. The van der Waals surface area contributed by atoms with Crippen molar-refractivity contribution in [3.63, 3.8) is 0 Å². The molecule has 0 saturated heterocycles. The van der Waals surface area contributed by atoms with Crippen LogP contribution in [0.1, 0.15) is 45.4 Å². The summed E-state index contributed by atoms with van der Waals surface area (Å²) in [5.74, 6) is -0.899. The van der Waals surface area contributed by atoms with Gasteiger partial charge in [0.05, 0.1) is 0 Å². The first-order valence-corrected chi connectivity index (χ1v) is 6.41. The van der Waals surface area contributed by atoms with Gasteiger partial charge in [-0.3, -0.25) is 0 Å². The standard InChI is InChI=1S/C12H20N2O3/c1-2-8-14(9-4-5-9)11(17)13-12(10(15)16)6-3-7-12/h9H,2-8H2,1H3,(H,13,17)(H,15,16). The average Bonchev–Trinajstić information content (AvgIpc) is 3.02. The molecule has 17 heavy (non-hydrogen) atoms. The molecule has 0 aromatic rings. The average molecular weight is 240 g/mol. The Morgan fingerprint density at radius 3 is 2.41 bits per heavy atom. The summed E-state index contributed by atoms with van der Waals surface area (Å²) in [5.41, 5.74) is -0.988. The summed E-state index contributed by atoms with van der Waals surface area (Å²) in [6.07, 6.45) is 4.99. The van der Waals surface area contributed by atoms with Crippen molar-refractivity contribution in [2.24, 2.45) is 0 Å². The highest BCUT2D eigenvalue weighted by Gasteiger charge is 2.47. The molecule has 0 spiro atoms. The molecule has 0 heterocycles. The topological polar surface area (TPSA) is 69.6 Å². The number of carbonyl (C=O) groups excluding carboxylic acids is 1. The van der Waals surface area contributed by atoms with Crippen molar-refractivity contribution >= 4 is 12.0 Å². The third kappa shape index (κ3) is 2.37. The Kier molecular flexibility index (Phi) is 3.26. The van der Waals surface area contributed by atoms with Crippen LogP contribution >= 0.6 is 0 Å². The molecular formula is C12H20N2O3. The van der Waals surface area contributed by atoms with Crippen molar-refractivity contribution in [3.05, 3.63) is 0 Å². The summed E-state index contributed by atoms with van der Waals surface area (Å²) in [6, 6.07) is 0.136. The van der Waals surface area contributed by atoms with Gasteiger partial charge in [-0.15, -0.1) is 0 Å². The van der Waals surface area contributed by atoms with E-state index in [-0.39, 0.29) is 6.03 Å². The monoisotopic (exact) mass is 240 g/mol. The predicted octanol–water partition coefficient (Wildman–Crippen LogP) is 1.58. The van der Waals surface area contributed by atoms with Crippen LogP contribution in [0.3, 0.4) is 0 Å². The van der Waals surface area contributed by atoms with Crippen LogP contribution in [0, 0.1) is 0 Å². The maximum atomic E-state index is 12.1. The molecular weight excluding hydrogens is 220 g/mol. The number of amides is 2. The fourth-order valence-corrected chi connectivity index (χ4v) is 2.28. The highest BCUT2D eigenvalue weighted by Crippen LogP contribution is 2.33. The number of carboxylic acids is 1. The molecule has 0 unspecified atom stereocenters. The van der Waals surface area contributed by atoms with Gasteiger partial charge in [-0.05, 0) is 38.5 Å². The second-order valence-corrected chi connectivity index (χ2v) is 5.10. The maximum absolute atomic E-state index is 12.1. The van der Waals surface area contributed by atoms with Gasteiger partial charge >= 0.3 is 12.0 Å². The summed E-state index contributed by atoms with van der Waals surface area (Å²) in [5, 5.41) is 11.9. The van der Waals surface area contributed by atoms with E-state index >= 15 is 0 Å². The first-order chi connectivity index (χ1) is 8.09. The quantitative estimate of drug-likeness (QED) is 0.766. The molecule has 5 nitrogen and oxygen atoms in total. The smallest absolute Gasteiger partial charge is 0.329 e. The molecule has 5 heteroatoms. The third-order valence-corrected chi connectivity index (χ3v) is 3.68. The molecule has 0 radical (unpaired) electrons. The highest BCUT2D eigenvalue weighted by molar-refractivity contribution is 5.87. The Labute approximate surface area is 101 Å². The van der Waals surface area contributed by atoms with Crippen LogP contribution in [0.4, 0.5) is 4.79 Å². The molecule has 2 aliphatic rings. The molecule has 0 bridgehead atoms. The van der Waals surface area contributed by atoms with Crippen LogP contribution in [0.25, 0.3) is 0 Å². The van der Waals surface area contributed by atoms with Gasteiger partial charge in [0.1, 0.15) is 5.54 Å². The number of nitrogens with one attached hydrogen (secondary N) is 1. The first kappa shape index (κ1) is 12.2. The van der Waals surface area contributed by atoms with Gasteiger partial charge in [0, 0.05) is 12.6 Å². The molecule has 2 N–H and O–H groups in total. The molecule has 96 valence electrons. The largest absolute Gasteiger partial charge is 0.480 e. The van der Waals surface area contributed by atoms with Crippen LogP contribution in [0.15, 0.2) is 0 Å². The minimum atomic E-state index is -0.988. The SMILES string of the molecule is CCCN(C(=O)NC1(C(=O)O)CCC1)C1CC1. The zero-order valence-electron chi connectivity index (χ0n) is 10.2. The van der Waals surface area contributed by atoms with E-state index in [2.05, 4.69) is 5.32 Å². The Morgan fingerprint density at radius 2 is 2.06 bits per heavy atom. The Bertz CT molecular complexity index is 322. The van der Waals surface area contributed by atoms with E-state index in [9.17, 15) is 9.59 Å². The van der Waals surface area contributed by atoms with E-state index in [4.69, 9.17) is 5.11 Å². The number of rotatable bonds is 5. The van der Waals surface area contributed by atoms with E-state index in [1.807, 2.05) is 6.92 Å². The minimum absolute atomic E-state index is 0.198. The Morgan fingerprint density at radius 1 is 1.41 bits per heavy atom. The molecule has 2 amide bonds. The minimum Gasteiger partial charge on any atom is -0.480 e. The lowest BCUT2D eigenvalue weighted by atomic mass is 9.77. The van der Waals surface area contributed by atoms with Crippen molar-refractivity contribution in [2.75, 3.05) is 6.54 Å². The molecule has 0 aromatic heterocycles. The summed E-state index contributed by atoms with van der Waals surface area (Å²) < 4.78 is 0. The number of hydrogen-bond acceptors (Lipinski definition) is 2. The van der Waals surface area contributed by atoms with Crippen LogP contribution < -0.4 is 5.32 Å².